The Hall–Kier alpha value is -0.860. The molecule has 2 nitrogen and oxygen atoms in total. The van der Waals surface area contributed by atoms with E-state index < -0.39 is 0 Å². The quantitative estimate of drug-likeness (QED) is 0.848. The molecule has 0 spiro atoms. The Balaban J connectivity index is 3.05. The van der Waals surface area contributed by atoms with E-state index in [9.17, 15) is 0 Å². The van der Waals surface area contributed by atoms with Crippen molar-refractivity contribution < 1.29 is 5.11 Å². The van der Waals surface area contributed by atoms with Gasteiger partial charge in [0.05, 0.1) is 0 Å². The van der Waals surface area contributed by atoms with Crippen LogP contribution < -0.4 is 0 Å². The maximum absolute atomic E-state index is 8.99. The van der Waals surface area contributed by atoms with Gasteiger partial charge in [-0.05, 0) is 70.0 Å². The van der Waals surface area contributed by atoms with Crippen LogP contribution in [-0.4, -0.2) is 30.7 Å². The molecular weight excluding hydrogens is 210 g/mol. The maximum atomic E-state index is 8.99. The summed E-state index contributed by atoms with van der Waals surface area (Å²) in [7, 11) is 4.22. The van der Waals surface area contributed by atoms with E-state index in [1.165, 1.54) is 22.3 Å². The zero-order valence-corrected chi connectivity index (χ0v) is 11.7. The first-order valence-corrected chi connectivity index (χ1v) is 6.32. The molecule has 0 fully saturated rings. The highest BCUT2D eigenvalue weighted by Crippen LogP contribution is 2.28. The number of aryl methyl sites for hydroxylation is 3. The van der Waals surface area contributed by atoms with Crippen molar-refractivity contribution in [2.24, 2.45) is 0 Å². The fourth-order valence-corrected chi connectivity index (χ4v) is 2.32. The molecule has 0 saturated heterocycles. The molecule has 0 amide bonds. The zero-order chi connectivity index (χ0) is 13.0. The number of hydrogen-bond donors (Lipinski definition) is 1. The largest absolute Gasteiger partial charge is 0.396 e. The number of aliphatic hydroxyl groups is 1. The van der Waals surface area contributed by atoms with E-state index >= 15 is 0 Å². The van der Waals surface area contributed by atoms with E-state index in [0.717, 1.165) is 12.8 Å². The van der Waals surface area contributed by atoms with E-state index in [1.807, 2.05) is 0 Å². The predicted molar refractivity (Wildman–Crippen MR) is 73.4 cm³/mol. The number of benzene rings is 1. The molecule has 0 radical (unpaired) electrons. The van der Waals surface area contributed by atoms with Crippen LogP contribution in [0.2, 0.25) is 0 Å². The minimum Gasteiger partial charge on any atom is -0.396 e. The summed E-state index contributed by atoms with van der Waals surface area (Å²) in [6.07, 6.45) is 1.86. The minimum atomic E-state index is 0.272. The van der Waals surface area contributed by atoms with E-state index in [-0.39, 0.29) is 6.61 Å². The van der Waals surface area contributed by atoms with Gasteiger partial charge in [-0.15, -0.1) is 0 Å². The molecule has 17 heavy (non-hydrogen) atoms. The Morgan fingerprint density at radius 3 is 2.18 bits per heavy atom. The number of rotatable bonds is 5. The molecule has 0 bridgehead atoms. The van der Waals surface area contributed by atoms with Gasteiger partial charge in [-0.2, -0.15) is 0 Å². The molecule has 1 rings (SSSR count). The third-order valence-corrected chi connectivity index (χ3v) is 3.50. The molecular formula is C15H25NO. The van der Waals surface area contributed by atoms with Gasteiger partial charge in [0.15, 0.2) is 0 Å². The van der Waals surface area contributed by atoms with Gasteiger partial charge in [0.1, 0.15) is 0 Å². The number of nitrogens with zero attached hydrogens (tertiary/aromatic N) is 1. The summed E-state index contributed by atoms with van der Waals surface area (Å²) >= 11 is 0. The van der Waals surface area contributed by atoms with Crippen LogP contribution >= 0.6 is 0 Å². The third kappa shape index (κ3) is 3.55. The molecule has 1 unspecified atom stereocenters. The molecule has 0 aliphatic heterocycles. The monoisotopic (exact) mass is 235 g/mol. The van der Waals surface area contributed by atoms with Crippen LogP contribution in [0.3, 0.4) is 0 Å². The summed E-state index contributed by atoms with van der Waals surface area (Å²) in [5, 5.41) is 8.99. The first-order valence-electron chi connectivity index (χ1n) is 6.32. The first kappa shape index (κ1) is 14.2. The first-order chi connectivity index (χ1) is 7.97. The van der Waals surface area contributed by atoms with Crippen LogP contribution in [-0.2, 0) is 0 Å². The zero-order valence-electron chi connectivity index (χ0n) is 11.7. The lowest BCUT2D eigenvalue weighted by Crippen LogP contribution is -2.21. The van der Waals surface area contributed by atoms with Crippen molar-refractivity contribution in [3.8, 4) is 0 Å². The SMILES string of the molecule is Cc1cc(C)c(C(CCCO)N(C)C)cc1C. The molecule has 96 valence electrons. The van der Waals surface area contributed by atoms with Crippen molar-refractivity contribution in [1.29, 1.82) is 0 Å². The lowest BCUT2D eigenvalue weighted by atomic mass is 9.93. The lowest BCUT2D eigenvalue weighted by molar-refractivity contribution is 0.235. The predicted octanol–water partition coefficient (Wildman–Crippen LogP) is 2.99. The molecule has 0 saturated carbocycles. The van der Waals surface area contributed by atoms with Gasteiger partial charge in [-0.1, -0.05) is 12.1 Å². The highest BCUT2D eigenvalue weighted by Gasteiger charge is 2.16. The summed E-state index contributed by atoms with van der Waals surface area (Å²) in [6, 6.07) is 4.97. The van der Waals surface area contributed by atoms with Crippen molar-refractivity contribution in [1.82, 2.24) is 4.90 Å². The molecule has 0 aliphatic rings. The molecule has 1 atom stereocenters. The maximum Gasteiger partial charge on any atom is 0.0431 e. The summed E-state index contributed by atoms with van der Waals surface area (Å²) in [5.74, 6) is 0. The van der Waals surface area contributed by atoms with Crippen molar-refractivity contribution in [3.05, 3.63) is 34.4 Å². The van der Waals surface area contributed by atoms with Crippen LogP contribution in [0, 0.1) is 20.8 Å². The Morgan fingerprint density at radius 2 is 1.65 bits per heavy atom. The Kier molecular flexibility index (Phi) is 5.16. The second-order valence-electron chi connectivity index (χ2n) is 5.14. The van der Waals surface area contributed by atoms with Gasteiger partial charge in [-0.25, -0.2) is 0 Å². The van der Waals surface area contributed by atoms with Crippen LogP contribution in [0.15, 0.2) is 12.1 Å². The Labute approximate surface area is 105 Å². The topological polar surface area (TPSA) is 23.5 Å². The third-order valence-electron chi connectivity index (χ3n) is 3.50. The molecule has 1 aromatic carbocycles. The van der Waals surface area contributed by atoms with Crippen LogP contribution in [0.4, 0.5) is 0 Å². The molecule has 0 heterocycles. The average Bonchev–Trinajstić information content (AvgIpc) is 2.25. The van der Waals surface area contributed by atoms with Gasteiger partial charge in [-0.3, -0.25) is 0 Å². The van der Waals surface area contributed by atoms with Gasteiger partial charge >= 0.3 is 0 Å². The summed E-state index contributed by atoms with van der Waals surface area (Å²) in [6.45, 7) is 6.77. The van der Waals surface area contributed by atoms with Crippen LogP contribution in [0.1, 0.15) is 41.1 Å². The summed E-state index contributed by atoms with van der Waals surface area (Å²) in [4.78, 5) is 2.24. The molecule has 0 aromatic heterocycles. The molecule has 1 aromatic rings. The van der Waals surface area contributed by atoms with E-state index in [2.05, 4.69) is 51.9 Å². The van der Waals surface area contributed by atoms with Gasteiger partial charge < -0.3 is 10.0 Å². The molecule has 0 aliphatic carbocycles. The Morgan fingerprint density at radius 1 is 1.06 bits per heavy atom. The standard InChI is InChI=1S/C15H25NO/c1-11-9-13(3)14(10-12(11)2)15(16(4)5)7-6-8-17/h9-10,15,17H,6-8H2,1-5H3. The highest BCUT2D eigenvalue weighted by atomic mass is 16.2. The number of hydrogen-bond acceptors (Lipinski definition) is 2. The minimum absolute atomic E-state index is 0.272. The summed E-state index contributed by atoms with van der Waals surface area (Å²) in [5.41, 5.74) is 5.45. The van der Waals surface area contributed by atoms with Gasteiger partial charge in [0.2, 0.25) is 0 Å². The average molecular weight is 235 g/mol. The fourth-order valence-electron chi connectivity index (χ4n) is 2.32. The van der Waals surface area contributed by atoms with Crippen molar-refractivity contribution >= 4 is 0 Å². The van der Waals surface area contributed by atoms with E-state index in [0.29, 0.717) is 6.04 Å². The Bertz CT molecular complexity index is 371. The van der Waals surface area contributed by atoms with Gasteiger partial charge in [0, 0.05) is 12.6 Å². The second kappa shape index (κ2) is 6.18. The van der Waals surface area contributed by atoms with E-state index in [1.54, 1.807) is 0 Å². The van der Waals surface area contributed by atoms with Crippen molar-refractivity contribution in [2.75, 3.05) is 20.7 Å². The highest BCUT2D eigenvalue weighted by molar-refractivity contribution is 5.38. The van der Waals surface area contributed by atoms with Crippen molar-refractivity contribution in [3.63, 3.8) is 0 Å². The lowest BCUT2D eigenvalue weighted by Gasteiger charge is -2.27. The van der Waals surface area contributed by atoms with Crippen LogP contribution in [0.25, 0.3) is 0 Å². The van der Waals surface area contributed by atoms with Crippen LogP contribution in [0.5, 0.6) is 0 Å². The second-order valence-corrected chi connectivity index (χ2v) is 5.14. The van der Waals surface area contributed by atoms with Gasteiger partial charge in [0.25, 0.3) is 0 Å². The normalized spacial score (nSPS) is 13.1. The smallest absolute Gasteiger partial charge is 0.0431 e. The number of aliphatic hydroxyl groups excluding tert-OH is 1. The molecule has 2 heteroatoms. The molecule has 1 N–H and O–H groups in total. The summed E-state index contributed by atoms with van der Waals surface area (Å²) < 4.78 is 0. The fraction of sp³-hybridized carbons (Fsp3) is 0.600. The van der Waals surface area contributed by atoms with E-state index in [4.69, 9.17) is 5.11 Å². The van der Waals surface area contributed by atoms with Crippen molar-refractivity contribution in [2.45, 2.75) is 39.7 Å².